The van der Waals surface area contributed by atoms with Crippen molar-refractivity contribution in [1.29, 1.82) is 0 Å². The minimum absolute atomic E-state index is 0.456. The first-order valence-corrected chi connectivity index (χ1v) is 10.5. The normalized spacial score (nSPS) is 18.8. The molecule has 3 aromatic rings. The summed E-state index contributed by atoms with van der Waals surface area (Å²) in [6.07, 6.45) is 3.91. The molecule has 1 fully saturated rings. The third-order valence-corrected chi connectivity index (χ3v) is 5.36. The Labute approximate surface area is 159 Å². The maximum atomic E-state index is 10.4. The van der Waals surface area contributed by atoms with Gasteiger partial charge < -0.3 is 5.11 Å². The molecule has 3 aromatic carbocycles. The summed E-state index contributed by atoms with van der Waals surface area (Å²) in [4.78, 5) is 0. The lowest BCUT2D eigenvalue weighted by Crippen LogP contribution is -1.99. The van der Waals surface area contributed by atoms with Gasteiger partial charge in [-0.1, -0.05) is 77.9 Å². The van der Waals surface area contributed by atoms with Crippen molar-refractivity contribution in [2.75, 3.05) is 0 Å². The maximum Gasteiger partial charge on any atom is 0.123 e. The van der Waals surface area contributed by atoms with Crippen LogP contribution in [0.25, 0.3) is 21.5 Å². The molecule has 0 amide bonds. The van der Waals surface area contributed by atoms with Gasteiger partial charge in [-0.15, -0.1) is 0 Å². The van der Waals surface area contributed by atoms with Crippen LogP contribution in [0.5, 0.6) is 5.75 Å². The van der Waals surface area contributed by atoms with E-state index in [2.05, 4.69) is 36.4 Å². The van der Waals surface area contributed by atoms with Crippen LogP contribution in [-0.4, -0.2) is 5.11 Å². The van der Waals surface area contributed by atoms with E-state index in [4.69, 9.17) is 0 Å². The van der Waals surface area contributed by atoms with E-state index in [9.17, 15) is 5.11 Å². The van der Waals surface area contributed by atoms with Gasteiger partial charge in [0.2, 0.25) is 0 Å². The molecule has 2 unspecified atom stereocenters. The molecule has 2 aliphatic carbocycles. The molecule has 5 rings (SSSR count). The highest BCUT2D eigenvalue weighted by atomic mass is 16.3. The van der Waals surface area contributed by atoms with Gasteiger partial charge in [-0.3, -0.25) is 0 Å². The van der Waals surface area contributed by atoms with E-state index in [-0.39, 0.29) is 0 Å². The average Bonchev–Trinajstić information content (AvgIpc) is 3.34. The molecule has 1 nitrogen and oxygen atoms in total. The number of hydrogen-bond donors (Lipinski definition) is 1. The molecule has 1 saturated carbocycles. The van der Waals surface area contributed by atoms with Gasteiger partial charge in [-0.05, 0) is 64.5 Å². The topological polar surface area (TPSA) is 20.2 Å². The molecule has 0 radical (unpaired) electrons. The zero-order valence-corrected chi connectivity index (χ0v) is 17.3. The van der Waals surface area contributed by atoms with E-state index in [1.807, 2.05) is 47.6 Å². The number of phenols is 1. The molecule has 140 valence electrons. The zero-order chi connectivity index (χ0) is 19.3. The highest BCUT2D eigenvalue weighted by molar-refractivity contribution is 6.12. The maximum absolute atomic E-state index is 10.4. The average molecular weight is 351 g/mol. The van der Waals surface area contributed by atoms with Crippen LogP contribution >= 0.6 is 0 Å². The minimum Gasteiger partial charge on any atom is -0.507 e. The number of fused-ring (bicyclic) bond motifs is 9. The van der Waals surface area contributed by atoms with Gasteiger partial charge >= 0.3 is 0 Å². The number of rotatable bonds is 0. The van der Waals surface area contributed by atoms with E-state index >= 15 is 0 Å². The van der Waals surface area contributed by atoms with Crippen molar-refractivity contribution in [3.8, 4) is 5.75 Å². The lowest BCUT2D eigenvalue weighted by molar-refractivity contribution is 0.480. The molecule has 0 aromatic heterocycles. The summed E-state index contributed by atoms with van der Waals surface area (Å²) in [5.74, 6) is 1.85. The largest absolute Gasteiger partial charge is 0.507 e. The van der Waals surface area contributed by atoms with Crippen molar-refractivity contribution in [3.05, 3.63) is 53.6 Å². The SMILES string of the molecule is CC.CC.CC.Oc1cc2c(c3c1ccc1ccccc13)C1CCC2C1. The van der Waals surface area contributed by atoms with Crippen molar-refractivity contribution >= 4 is 21.5 Å². The number of aromatic hydroxyl groups is 1. The second-order valence-corrected chi connectivity index (χ2v) is 6.31. The minimum atomic E-state index is 0.456. The van der Waals surface area contributed by atoms with Crippen molar-refractivity contribution < 1.29 is 5.11 Å². The fourth-order valence-electron chi connectivity index (χ4n) is 4.53. The predicted octanol–water partition coefficient (Wildman–Crippen LogP) is 8.14. The summed E-state index contributed by atoms with van der Waals surface area (Å²) in [6.45, 7) is 12.0. The van der Waals surface area contributed by atoms with Gasteiger partial charge in [0.25, 0.3) is 0 Å². The van der Waals surface area contributed by atoms with E-state index in [0.29, 0.717) is 17.6 Å². The molecule has 2 bridgehead atoms. The highest BCUT2D eigenvalue weighted by Gasteiger charge is 2.38. The second-order valence-electron chi connectivity index (χ2n) is 6.31. The van der Waals surface area contributed by atoms with Crippen LogP contribution in [0.4, 0.5) is 0 Å². The van der Waals surface area contributed by atoms with Gasteiger partial charge in [-0.25, -0.2) is 0 Å². The zero-order valence-electron chi connectivity index (χ0n) is 17.3. The van der Waals surface area contributed by atoms with Crippen molar-refractivity contribution in [1.82, 2.24) is 0 Å². The smallest absolute Gasteiger partial charge is 0.123 e. The molecule has 0 heterocycles. The van der Waals surface area contributed by atoms with E-state index in [1.54, 1.807) is 0 Å². The summed E-state index contributed by atoms with van der Waals surface area (Å²) in [5.41, 5.74) is 2.95. The first-order valence-electron chi connectivity index (χ1n) is 10.5. The molecule has 0 saturated heterocycles. The van der Waals surface area contributed by atoms with Gasteiger partial charge in [-0.2, -0.15) is 0 Å². The Morgan fingerprint density at radius 2 is 1.42 bits per heavy atom. The third kappa shape index (κ3) is 3.20. The van der Waals surface area contributed by atoms with Crippen LogP contribution in [0.1, 0.15) is 83.8 Å². The molecule has 2 aliphatic rings. The van der Waals surface area contributed by atoms with E-state index in [0.717, 1.165) is 5.39 Å². The molecule has 1 heteroatoms. The predicted molar refractivity (Wildman–Crippen MR) is 116 cm³/mol. The summed E-state index contributed by atoms with van der Waals surface area (Å²) < 4.78 is 0. The summed E-state index contributed by atoms with van der Waals surface area (Å²) >= 11 is 0. The van der Waals surface area contributed by atoms with Crippen LogP contribution in [0, 0.1) is 0 Å². The summed E-state index contributed by atoms with van der Waals surface area (Å²) in [5, 5.41) is 15.3. The second kappa shape index (κ2) is 9.07. The fourth-order valence-corrected chi connectivity index (χ4v) is 4.53. The molecule has 26 heavy (non-hydrogen) atoms. The summed E-state index contributed by atoms with van der Waals surface area (Å²) in [6, 6.07) is 14.8. The van der Waals surface area contributed by atoms with Crippen LogP contribution in [0.2, 0.25) is 0 Å². The first kappa shape index (κ1) is 20.3. The Kier molecular flexibility index (Phi) is 7.08. The summed E-state index contributed by atoms with van der Waals surface area (Å²) in [7, 11) is 0. The fraction of sp³-hybridized carbons (Fsp3) is 0.440. The lowest BCUT2D eigenvalue weighted by atomic mass is 9.85. The quantitative estimate of drug-likeness (QED) is 0.406. The Morgan fingerprint density at radius 3 is 2.15 bits per heavy atom. The van der Waals surface area contributed by atoms with E-state index in [1.165, 1.54) is 46.5 Å². The van der Waals surface area contributed by atoms with Crippen LogP contribution in [0.15, 0.2) is 42.5 Å². The van der Waals surface area contributed by atoms with E-state index < -0.39 is 0 Å². The standard InChI is InChI=1S/C19H16O.3C2H6/c20-17-10-16-12-5-6-13(9-12)18(16)19-14-4-2-1-3-11(14)7-8-15(17)19;3*1-2/h1-4,7-8,10,12-13,20H,5-6,9H2;3*1-2H3. The van der Waals surface area contributed by atoms with Gasteiger partial charge in [0.1, 0.15) is 5.75 Å². The van der Waals surface area contributed by atoms with Crippen LogP contribution in [0.3, 0.4) is 0 Å². The van der Waals surface area contributed by atoms with Crippen LogP contribution in [-0.2, 0) is 0 Å². The lowest BCUT2D eigenvalue weighted by Gasteiger charge is -2.19. The highest BCUT2D eigenvalue weighted by Crippen LogP contribution is 2.57. The Balaban J connectivity index is 0.000000371. The van der Waals surface area contributed by atoms with Crippen molar-refractivity contribution in [2.45, 2.75) is 72.6 Å². The van der Waals surface area contributed by atoms with Gasteiger partial charge in [0.05, 0.1) is 0 Å². The Morgan fingerprint density at radius 1 is 0.769 bits per heavy atom. The molecule has 1 N–H and O–H groups in total. The molecule has 2 atom stereocenters. The monoisotopic (exact) mass is 350 g/mol. The molecule has 0 spiro atoms. The van der Waals surface area contributed by atoms with Gasteiger partial charge in [0.15, 0.2) is 0 Å². The van der Waals surface area contributed by atoms with Gasteiger partial charge in [0, 0.05) is 5.39 Å². The van der Waals surface area contributed by atoms with Crippen molar-refractivity contribution in [3.63, 3.8) is 0 Å². The number of phenolic OH excluding ortho intramolecular Hbond substituents is 1. The first-order chi connectivity index (χ1) is 12.8. The van der Waals surface area contributed by atoms with Crippen molar-refractivity contribution in [2.24, 2.45) is 0 Å². The Bertz CT molecular complexity index is 863. The molecular weight excluding hydrogens is 316 g/mol. The number of benzene rings is 3. The van der Waals surface area contributed by atoms with Crippen LogP contribution < -0.4 is 0 Å². The Hall–Kier alpha value is -2.02. The third-order valence-electron chi connectivity index (χ3n) is 5.36. The molecule has 0 aliphatic heterocycles. The molecular formula is C25H34O. The number of hydrogen-bond acceptors (Lipinski definition) is 1.